The van der Waals surface area contributed by atoms with Crippen molar-refractivity contribution < 1.29 is 4.79 Å². The first kappa shape index (κ1) is 12.8. The predicted octanol–water partition coefficient (Wildman–Crippen LogP) is 0.797. The number of aromatic amines is 1. The molecule has 7 heteroatoms. The molecule has 0 saturated carbocycles. The third-order valence-electron chi connectivity index (χ3n) is 3.73. The van der Waals surface area contributed by atoms with Gasteiger partial charge in [0.2, 0.25) is 5.91 Å². The zero-order valence-corrected chi connectivity index (χ0v) is 11.3. The minimum Gasteiger partial charge on any atom is -0.348 e. The van der Waals surface area contributed by atoms with Crippen LogP contribution in [-0.4, -0.2) is 48.6 Å². The molecule has 3 heterocycles. The highest BCUT2D eigenvalue weighted by Gasteiger charge is 2.25. The van der Waals surface area contributed by atoms with Gasteiger partial charge in [0.15, 0.2) is 0 Å². The van der Waals surface area contributed by atoms with E-state index in [4.69, 9.17) is 0 Å². The molecule has 0 aliphatic carbocycles. The predicted molar refractivity (Wildman–Crippen MR) is 71.8 cm³/mol. The second kappa shape index (κ2) is 5.85. The van der Waals surface area contributed by atoms with E-state index in [1.54, 1.807) is 18.9 Å². The van der Waals surface area contributed by atoms with Crippen molar-refractivity contribution in [3.8, 4) is 0 Å². The number of hydrogen-bond donors (Lipinski definition) is 1. The van der Waals surface area contributed by atoms with E-state index in [9.17, 15) is 4.79 Å². The highest BCUT2D eigenvalue weighted by atomic mass is 16.2. The molecule has 0 unspecified atom stereocenters. The average Bonchev–Trinajstić information content (AvgIpc) is 3.18. The molecule has 0 aromatic carbocycles. The molecule has 2 aromatic heterocycles. The van der Waals surface area contributed by atoms with E-state index in [0.29, 0.717) is 18.9 Å². The fraction of sp³-hybridized carbons (Fsp3) is 0.538. The molecule has 1 saturated heterocycles. The van der Waals surface area contributed by atoms with Gasteiger partial charge < -0.3 is 14.5 Å². The van der Waals surface area contributed by atoms with E-state index in [2.05, 4.69) is 20.2 Å². The smallest absolute Gasteiger partial charge is 0.224 e. The summed E-state index contributed by atoms with van der Waals surface area (Å²) in [5.41, 5.74) is 0. The summed E-state index contributed by atoms with van der Waals surface area (Å²) in [6, 6.07) is 0. The molecular formula is C13H18N6O. The Morgan fingerprint density at radius 1 is 1.40 bits per heavy atom. The Bertz CT molecular complexity index is 535. The molecule has 3 rings (SSSR count). The van der Waals surface area contributed by atoms with Crippen LogP contribution in [-0.2, 0) is 11.3 Å². The van der Waals surface area contributed by atoms with Crippen molar-refractivity contribution in [3.63, 3.8) is 0 Å². The zero-order valence-electron chi connectivity index (χ0n) is 11.3. The fourth-order valence-electron chi connectivity index (χ4n) is 2.65. The summed E-state index contributed by atoms with van der Waals surface area (Å²) in [5, 5.41) is 7.47. The van der Waals surface area contributed by atoms with Crippen LogP contribution >= 0.6 is 0 Å². The first-order valence-corrected chi connectivity index (χ1v) is 6.92. The number of hydrogen-bond acceptors (Lipinski definition) is 4. The van der Waals surface area contributed by atoms with E-state index < -0.39 is 0 Å². The Balaban J connectivity index is 1.55. The van der Waals surface area contributed by atoms with E-state index in [1.165, 1.54) is 0 Å². The number of aryl methyl sites for hydroxylation is 1. The number of carbonyl (C=O) groups is 1. The molecule has 0 radical (unpaired) electrons. The molecule has 1 aliphatic rings. The summed E-state index contributed by atoms with van der Waals surface area (Å²) >= 11 is 0. The molecule has 0 spiro atoms. The quantitative estimate of drug-likeness (QED) is 0.894. The molecule has 1 N–H and O–H groups in total. The summed E-state index contributed by atoms with van der Waals surface area (Å²) < 4.78 is 1.83. The first-order chi connectivity index (χ1) is 9.83. The first-order valence-electron chi connectivity index (χ1n) is 6.92. The lowest BCUT2D eigenvalue weighted by molar-refractivity contribution is -0.132. The number of rotatable bonds is 4. The van der Waals surface area contributed by atoms with Gasteiger partial charge in [0.05, 0.1) is 0 Å². The molecule has 1 atom stereocenters. The van der Waals surface area contributed by atoms with Gasteiger partial charge >= 0.3 is 0 Å². The molecule has 0 bridgehead atoms. The van der Waals surface area contributed by atoms with Crippen molar-refractivity contribution >= 4 is 5.91 Å². The molecule has 1 amide bonds. The molecule has 2 aromatic rings. The summed E-state index contributed by atoms with van der Waals surface area (Å²) in [6.07, 6.45) is 9.48. The number of aromatic nitrogens is 5. The van der Waals surface area contributed by atoms with Gasteiger partial charge in [-0.3, -0.25) is 4.79 Å². The van der Waals surface area contributed by atoms with E-state index in [-0.39, 0.29) is 5.91 Å². The largest absolute Gasteiger partial charge is 0.348 e. The van der Waals surface area contributed by atoms with Crippen molar-refractivity contribution in [3.05, 3.63) is 30.9 Å². The van der Waals surface area contributed by atoms with Gasteiger partial charge in [-0.05, 0) is 12.8 Å². The molecule has 1 fully saturated rings. The summed E-state index contributed by atoms with van der Waals surface area (Å²) in [4.78, 5) is 21.7. The van der Waals surface area contributed by atoms with Crippen LogP contribution in [0.5, 0.6) is 0 Å². The second-order valence-electron chi connectivity index (χ2n) is 5.10. The number of nitrogens with zero attached hydrogens (tertiary/aromatic N) is 5. The molecular weight excluding hydrogens is 256 g/mol. The summed E-state index contributed by atoms with van der Waals surface area (Å²) in [6.45, 7) is 2.24. The average molecular weight is 274 g/mol. The van der Waals surface area contributed by atoms with Gasteiger partial charge in [-0.25, -0.2) is 4.98 Å². The van der Waals surface area contributed by atoms with Gasteiger partial charge in [0, 0.05) is 44.4 Å². The van der Waals surface area contributed by atoms with Crippen molar-refractivity contribution in [2.45, 2.75) is 31.7 Å². The maximum absolute atomic E-state index is 12.2. The zero-order chi connectivity index (χ0) is 13.8. The third kappa shape index (κ3) is 2.87. The maximum atomic E-state index is 12.2. The van der Waals surface area contributed by atoms with Crippen molar-refractivity contribution in [1.82, 2.24) is 29.6 Å². The number of H-pyrrole nitrogens is 1. The Hall–Kier alpha value is -2.18. The lowest BCUT2D eigenvalue weighted by Gasteiger charge is -2.32. The number of nitrogens with one attached hydrogen (secondary N) is 1. The SMILES string of the molecule is O=C(CCn1cnnc1)N1CCC[C@@H](c2ncc[nH]2)C1. The van der Waals surface area contributed by atoms with Crippen LogP contribution in [0.2, 0.25) is 0 Å². The van der Waals surface area contributed by atoms with Crippen LogP contribution in [0.25, 0.3) is 0 Å². The Morgan fingerprint density at radius 2 is 2.25 bits per heavy atom. The highest BCUT2D eigenvalue weighted by molar-refractivity contribution is 5.76. The fourth-order valence-corrected chi connectivity index (χ4v) is 2.65. The van der Waals surface area contributed by atoms with E-state index in [0.717, 1.165) is 31.8 Å². The number of likely N-dealkylation sites (tertiary alicyclic amines) is 1. The van der Waals surface area contributed by atoms with Gasteiger partial charge in [-0.1, -0.05) is 0 Å². The monoisotopic (exact) mass is 274 g/mol. The third-order valence-corrected chi connectivity index (χ3v) is 3.73. The molecule has 20 heavy (non-hydrogen) atoms. The van der Waals surface area contributed by atoms with Crippen LogP contribution in [0.4, 0.5) is 0 Å². The van der Waals surface area contributed by atoms with Gasteiger partial charge in [-0.15, -0.1) is 10.2 Å². The minimum absolute atomic E-state index is 0.190. The number of piperidine rings is 1. The minimum atomic E-state index is 0.190. The Kier molecular flexibility index (Phi) is 3.76. The highest BCUT2D eigenvalue weighted by Crippen LogP contribution is 2.24. The Morgan fingerprint density at radius 3 is 3.00 bits per heavy atom. The van der Waals surface area contributed by atoms with Gasteiger partial charge in [-0.2, -0.15) is 0 Å². The van der Waals surface area contributed by atoms with Crippen LogP contribution in [0.15, 0.2) is 25.0 Å². The number of carbonyl (C=O) groups excluding carboxylic acids is 1. The second-order valence-corrected chi connectivity index (χ2v) is 5.10. The van der Waals surface area contributed by atoms with Gasteiger partial charge in [0.25, 0.3) is 0 Å². The normalized spacial score (nSPS) is 19.2. The van der Waals surface area contributed by atoms with E-state index >= 15 is 0 Å². The molecule has 1 aliphatic heterocycles. The summed E-state index contributed by atoms with van der Waals surface area (Å²) in [7, 11) is 0. The van der Waals surface area contributed by atoms with Crippen molar-refractivity contribution in [1.29, 1.82) is 0 Å². The molecule has 7 nitrogen and oxygen atoms in total. The Labute approximate surface area is 117 Å². The standard InChI is InChI=1S/C13H18N6O/c20-12(3-7-18-9-16-17-10-18)19-6-1-2-11(8-19)13-14-4-5-15-13/h4-5,9-11H,1-3,6-8H2,(H,14,15)/t11-/m1/s1. The number of imidazole rings is 1. The van der Waals surface area contributed by atoms with Crippen LogP contribution in [0, 0.1) is 0 Å². The number of amides is 1. The lowest BCUT2D eigenvalue weighted by atomic mass is 9.97. The lowest BCUT2D eigenvalue weighted by Crippen LogP contribution is -2.39. The van der Waals surface area contributed by atoms with Crippen LogP contribution < -0.4 is 0 Å². The molecule has 106 valence electrons. The van der Waals surface area contributed by atoms with Gasteiger partial charge in [0.1, 0.15) is 18.5 Å². The topological polar surface area (TPSA) is 79.7 Å². The van der Waals surface area contributed by atoms with E-state index in [1.807, 2.05) is 15.7 Å². The maximum Gasteiger partial charge on any atom is 0.224 e. The van der Waals surface area contributed by atoms with Crippen molar-refractivity contribution in [2.75, 3.05) is 13.1 Å². The van der Waals surface area contributed by atoms with Crippen LogP contribution in [0.3, 0.4) is 0 Å². The van der Waals surface area contributed by atoms with Crippen molar-refractivity contribution in [2.24, 2.45) is 0 Å². The summed E-state index contributed by atoms with van der Waals surface area (Å²) in [5.74, 6) is 1.51. The van der Waals surface area contributed by atoms with Crippen LogP contribution in [0.1, 0.15) is 31.0 Å².